The van der Waals surface area contributed by atoms with Gasteiger partial charge in [-0.05, 0) is 65.4 Å². The Morgan fingerprint density at radius 3 is 2.50 bits per heavy atom. The standard InChI is InChI=1S/C26H34F3N5O3S/c1-14-7-6-10-34(14)24(36)20-21(38-23(33-20)22(35)31-13-25(3,4)37)17-12-30-19(11-18(17)26(27,28)29)32-15(2)16-8-5-9-16/h11-12,14-16,37H,5-10,13H2,1-4H3,(H,30,32)(H,31,35)/t14?,15-/m0/s1. The minimum Gasteiger partial charge on any atom is -0.389 e. The highest BCUT2D eigenvalue weighted by Crippen LogP contribution is 2.42. The molecule has 0 radical (unpaired) electrons. The van der Waals surface area contributed by atoms with Crippen LogP contribution in [0.2, 0.25) is 0 Å². The Kier molecular flexibility index (Phi) is 8.04. The van der Waals surface area contributed by atoms with Crippen molar-refractivity contribution in [1.29, 1.82) is 0 Å². The number of aromatic nitrogens is 2. The van der Waals surface area contributed by atoms with Crippen molar-refractivity contribution in [2.75, 3.05) is 18.4 Å². The minimum atomic E-state index is -4.73. The second kappa shape index (κ2) is 10.8. The first-order valence-corrected chi connectivity index (χ1v) is 13.7. The van der Waals surface area contributed by atoms with Crippen LogP contribution in [0.25, 0.3) is 10.4 Å². The summed E-state index contributed by atoms with van der Waals surface area (Å²) in [6.45, 7) is 7.19. The highest BCUT2D eigenvalue weighted by atomic mass is 32.1. The summed E-state index contributed by atoms with van der Waals surface area (Å²) in [6, 6.07) is 0.848. The molecule has 8 nitrogen and oxygen atoms in total. The Morgan fingerprint density at radius 2 is 1.95 bits per heavy atom. The van der Waals surface area contributed by atoms with E-state index in [9.17, 15) is 27.9 Å². The Hall–Kier alpha value is -2.73. The van der Waals surface area contributed by atoms with Crippen LogP contribution in [0, 0.1) is 5.92 Å². The van der Waals surface area contributed by atoms with Gasteiger partial charge in [-0.3, -0.25) is 9.59 Å². The van der Waals surface area contributed by atoms with E-state index < -0.39 is 29.2 Å². The van der Waals surface area contributed by atoms with Crippen LogP contribution >= 0.6 is 11.3 Å². The van der Waals surface area contributed by atoms with Gasteiger partial charge in [-0.1, -0.05) is 6.42 Å². The number of hydrogen-bond acceptors (Lipinski definition) is 7. The van der Waals surface area contributed by atoms with E-state index >= 15 is 0 Å². The molecular weight excluding hydrogens is 519 g/mol. The molecule has 2 aromatic heterocycles. The van der Waals surface area contributed by atoms with Crippen LogP contribution in [0.15, 0.2) is 12.3 Å². The molecule has 2 aliphatic rings. The molecule has 2 fully saturated rings. The third kappa shape index (κ3) is 6.28. The molecule has 2 amide bonds. The van der Waals surface area contributed by atoms with Crippen LogP contribution in [0.5, 0.6) is 0 Å². The lowest BCUT2D eigenvalue weighted by Gasteiger charge is -2.32. The van der Waals surface area contributed by atoms with Gasteiger partial charge in [-0.15, -0.1) is 11.3 Å². The average Bonchev–Trinajstić information content (AvgIpc) is 3.41. The Labute approximate surface area is 224 Å². The Balaban J connectivity index is 1.75. The van der Waals surface area contributed by atoms with Gasteiger partial charge >= 0.3 is 6.18 Å². The van der Waals surface area contributed by atoms with Crippen molar-refractivity contribution in [3.63, 3.8) is 0 Å². The second-order valence-electron chi connectivity index (χ2n) is 10.9. The SMILES string of the molecule is CC1CCCN1C(=O)c1nc(C(=O)NCC(C)(C)O)sc1-c1cnc(N[C@@H](C)C2CCC2)cc1C(F)(F)F. The van der Waals surface area contributed by atoms with E-state index in [0.717, 1.165) is 44.4 Å². The van der Waals surface area contributed by atoms with Crippen LogP contribution in [0.1, 0.15) is 85.7 Å². The first-order valence-electron chi connectivity index (χ1n) is 12.9. The second-order valence-corrected chi connectivity index (χ2v) is 11.9. The van der Waals surface area contributed by atoms with Crippen molar-refractivity contribution in [2.45, 2.75) is 83.7 Å². The van der Waals surface area contributed by atoms with Crippen molar-refractivity contribution in [1.82, 2.24) is 20.2 Å². The molecule has 3 N–H and O–H groups in total. The number of amides is 2. The highest BCUT2D eigenvalue weighted by Gasteiger charge is 2.38. The van der Waals surface area contributed by atoms with Gasteiger partial charge in [0, 0.05) is 36.9 Å². The van der Waals surface area contributed by atoms with Gasteiger partial charge in [-0.2, -0.15) is 13.2 Å². The molecule has 38 heavy (non-hydrogen) atoms. The number of aliphatic hydroxyl groups is 1. The topological polar surface area (TPSA) is 107 Å². The molecule has 0 spiro atoms. The first kappa shape index (κ1) is 28.3. The maximum Gasteiger partial charge on any atom is 0.417 e. The van der Waals surface area contributed by atoms with E-state index in [1.807, 2.05) is 13.8 Å². The van der Waals surface area contributed by atoms with Crippen molar-refractivity contribution >= 4 is 29.0 Å². The summed E-state index contributed by atoms with van der Waals surface area (Å²) in [6.07, 6.45) is 1.09. The average molecular weight is 554 g/mol. The molecule has 1 aliphatic carbocycles. The Bertz CT molecular complexity index is 1190. The zero-order chi connectivity index (χ0) is 27.8. The molecule has 1 unspecified atom stereocenters. The van der Waals surface area contributed by atoms with Gasteiger partial charge in [0.05, 0.1) is 16.0 Å². The van der Waals surface area contributed by atoms with Gasteiger partial charge < -0.3 is 20.6 Å². The van der Waals surface area contributed by atoms with Gasteiger partial charge in [0.25, 0.3) is 11.8 Å². The van der Waals surface area contributed by atoms with Gasteiger partial charge in [-0.25, -0.2) is 9.97 Å². The molecule has 1 aliphatic heterocycles. The summed E-state index contributed by atoms with van der Waals surface area (Å²) in [5.41, 5.74) is -2.65. The zero-order valence-electron chi connectivity index (χ0n) is 22.0. The minimum absolute atomic E-state index is 0.0218. The summed E-state index contributed by atoms with van der Waals surface area (Å²) in [5, 5.41) is 15.4. The maximum atomic E-state index is 14.3. The van der Waals surface area contributed by atoms with E-state index in [1.54, 1.807) is 4.90 Å². The van der Waals surface area contributed by atoms with Crippen molar-refractivity contribution < 1.29 is 27.9 Å². The summed E-state index contributed by atoms with van der Waals surface area (Å²) < 4.78 is 43.0. The number of carbonyl (C=O) groups excluding carboxylic acids is 2. The molecule has 0 aromatic carbocycles. The molecule has 208 valence electrons. The number of hydrogen-bond donors (Lipinski definition) is 3. The van der Waals surface area contributed by atoms with Crippen molar-refractivity contribution in [3.05, 3.63) is 28.5 Å². The fourth-order valence-electron chi connectivity index (χ4n) is 4.73. The molecule has 1 saturated heterocycles. The normalized spacial score (nSPS) is 19.3. The monoisotopic (exact) mass is 553 g/mol. The molecular formula is C26H34F3N5O3S. The number of pyridine rings is 1. The Morgan fingerprint density at radius 1 is 1.24 bits per heavy atom. The molecule has 2 aromatic rings. The summed E-state index contributed by atoms with van der Waals surface area (Å²) in [4.78, 5) is 36.3. The number of halogens is 3. The van der Waals surface area contributed by atoms with Crippen LogP contribution < -0.4 is 10.6 Å². The number of likely N-dealkylation sites (tertiary alicyclic amines) is 1. The predicted molar refractivity (Wildman–Crippen MR) is 139 cm³/mol. The van der Waals surface area contributed by atoms with Crippen molar-refractivity contribution in [3.8, 4) is 10.4 Å². The number of rotatable bonds is 8. The third-order valence-electron chi connectivity index (χ3n) is 7.21. The number of alkyl halides is 3. The number of anilines is 1. The number of carbonyl (C=O) groups is 2. The highest BCUT2D eigenvalue weighted by molar-refractivity contribution is 7.17. The van der Waals surface area contributed by atoms with Crippen LogP contribution in [-0.4, -0.2) is 62.6 Å². The predicted octanol–water partition coefficient (Wildman–Crippen LogP) is 4.95. The smallest absolute Gasteiger partial charge is 0.389 e. The van der Waals surface area contributed by atoms with Crippen LogP contribution in [-0.2, 0) is 6.18 Å². The van der Waals surface area contributed by atoms with Gasteiger partial charge in [0.15, 0.2) is 5.01 Å². The summed E-state index contributed by atoms with van der Waals surface area (Å²) >= 11 is 0.715. The van der Waals surface area contributed by atoms with Gasteiger partial charge in [0.2, 0.25) is 0 Å². The molecule has 4 rings (SSSR count). The molecule has 1 saturated carbocycles. The quantitative estimate of drug-likeness (QED) is 0.427. The fraction of sp³-hybridized carbons (Fsp3) is 0.615. The zero-order valence-corrected chi connectivity index (χ0v) is 22.8. The summed E-state index contributed by atoms with van der Waals surface area (Å²) in [5.74, 6) is -0.698. The van der Waals surface area contributed by atoms with E-state index in [-0.39, 0.29) is 45.6 Å². The lowest BCUT2D eigenvalue weighted by atomic mass is 9.80. The fourth-order valence-corrected chi connectivity index (χ4v) is 5.73. The van der Waals surface area contributed by atoms with Crippen LogP contribution in [0.4, 0.5) is 19.0 Å². The number of nitrogens with zero attached hydrogens (tertiary/aromatic N) is 3. The lowest BCUT2D eigenvalue weighted by Crippen LogP contribution is -2.38. The van der Waals surface area contributed by atoms with E-state index in [0.29, 0.717) is 23.8 Å². The maximum absolute atomic E-state index is 14.3. The lowest BCUT2D eigenvalue weighted by molar-refractivity contribution is -0.137. The number of nitrogens with one attached hydrogen (secondary N) is 2. The molecule has 12 heteroatoms. The van der Waals surface area contributed by atoms with Gasteiger partial charge in [0.1, 0.15) is 11.5 Å². The van der Waals surface area contributed by atoms with Crippen LogP contribution in [0.3, 0.4) is 0 Å². The molecule has 0 bridgehead atoms. The third-order valence-corrected chi connectivity index (χ3v) is 8.29. The van der Waals surface area contributed by atoms with E-state index in [4.69, 9.17) is 0 Å². The first-order chi connectivity index (χ1) is 17.7. The summed E-state index contributed by atoms with van der Waals surface area (Å²) in [7, 11) is 0. The van der Waals surface area contributed by atoms with Crippen molar-refractivity contribution in [2.24, 2.45) is 5.92 Å². The van der Waals surface area contributed by atoms with E-state index in [1.165, 1.54) is 13.8 Å². The van der Waals surface area contributed by atoms with E-state index in [2.05, 4.69) is 20.6 Å². The number of thiazole rings is 1. The molecule has 2 atom stereocenters. The molecule has 3 heterocycles. The largest absolute Gasteiger partial charge is 0.417 e.